The molecule has 1 fully saturated rings. The van der Waals surface area contributed by atoms with Crippen molar-refractivity contribution in [2.75, 3.05) is 30.5 Å². The predicted octanol–water partition coefficient (Wildman–Crippen LogP) is 2.78. The highest BCUT2D eigenvalue weighted by Crippen LogP contribution is 2.42. The fourth-order valence-electron chi connectivity index (χ4n) is 2.15. The molecular formula is C13H22N4S. The standard InChI is InChI=1S/C13H22N4S/c1-4-10-16-11(14-2)8-12(17-10)15-9-13(18-3)6-5-7-13/h8H,4-7,9H2,1-3H3,(H2,14,15,16,17). The molecule has 0 bridgehead atoms. The maximum Gasteiger partial charge on any atom is 0.132 e. The van der Waals surface area contributed by atoms with Gasteiger partial charge in [0.05, 0.1) is 0 Å². The molecule has 2 N–H and O–H groups in total. The molecule has 0 atom stereocenters. The van der Waals surface area contributed by atoms with Gasteiger partial charge in [-0.15, -0.1) is 0 Å². The van der Waals surface area contributed by atoms with Gasteiger partial charge in [-0.1, -0.05) is 13.3 Å². The van der Waals surface area contributed by atoms with E-state index in [4.69, 9.17) is 0 Å². The molecule has 1 saturated carbocycles. The van der Waals surface area contributed by atoms with Crippen molar-refractivity contribution in [2.45, 2.75) is 37.4 Å². The number of nitrogens with zero attached hydrogens (tertiary/aromatic N) is 2. The minimum Gasteiger partial charge on any atom is -0.373 e. The third-order valence-electron chi connectivity index (χ3n) is 3.63. The van der Waals surface area contributed by atoms with Crippen molar-refractivity contribution in [2.24, 2.45) is 0 Å². The van der Waals surface area contributed by atoms with Crippen LogP contribution in [0.15, 0.2) is 6.07 Å². The van der Waals surface area contributed by atoms with Gasteiger partial charge in [0.15, 0.2) is 0 Å². The predicted molar refractivity (Wildman–Crippen MR) is 79.5 cm³/mol. The third-order valence-corrected chi connectivity index (χ3v) is 5.05. The van der Waals surface area contributed by atoms with E-state index in [9.17, 15) is 0 Å². The molecule has 1 aliphatic carbocycles. The Labute approximate surface area is 113 Å². The Bertz CT molecular complexity index is 376. The number of hydrogen-bond donors (Lipinski definition) is 2. The molecule has 1 aromatic rings. The Morgan fingerprint density at radius 2 is 2.06 bits per heavy atom. The van der Waals surface area contributed by atoms with Gasteiger partial charge < -0.3 is 10.6 Å². The van der Waals surface area contributed by atoms with Gasteiger partial charge in [0, 0.05) is 30.8 Å². The molecular weight excluding hydrogens is 244 g/mol. The Morgan fingerprint density at radius 3 is 2.56 bits per heavy atom. The fourth-order valence-corrected chi connectivity index (χ4v) is 3.06. The summed E-state index contributed by atoms with van der Waals surface area (Å²) in [5, 5.41) is 6.56. The van der Waals surface area contributed by atoms with Crippen LogP contribution in [0.3, 0.4) is 0 Å². The van der Waals surface area contributed by atoms with Crippen LogP contribution in [0.1, 0.15) is 32.0 Å². The van der Waals surface area contributed by atoms with Gasteiger partial charge in [0.2, 0.25) is 0 Å². The molecule has 2 rings (SSSR count). The molecule has 18 heavy (non-hydrogen) atoms. The Kier molecular flexibility index (Phi) is 4.32. The highest BCUT2D eigenvalue weighted by atomic mass is 32.2. The molecule has 0 radical (unpaired) electrons. The normalized spacial score (nSPS) is 17.1. The van der Waals surface area contributed by atoms with Gasteiger partial charge in [0.25, 0.3) is 0 Å². The van der Waals surface area contributed by atoms with Gasteiger partial charge in [-0.05, 0) is 19.1 Å². The van der Waals surface area contributed by atoms with E-state index in [1.807, 2.05) is 24.9 Å². The van der Waals surface area contributed by atoms with Crippen LogP contribution in [0.4, 0.5) is 11.6 Å². The summed E-state index contributed by atoms with van der Waals surface area (Å²) in [6.45, 7) is 3.07. The number of thioether (sulfide) groups is 1. The molecule has 4 nitrogen and oxygen atoms in total. The number of aryl methyl sites for hydroxylation is 1. The van der Waals surface area contributed by atoms with Gasteiger partial charge >= 0.3 is 0 Å². The summed E-state index contributed by atoms with van der Waals surface area (Å²) in [6.07, 6.45) is 7.04. The summed E-state index contributed by atoms with van der Waals surface area (Å²) in [5.74, 6) is 2.71. The van der Waals surface area contributed by atoms with E-state index in [0.717, 1.165) is 30.4 Å². The number of nitrogens with one attached hydrogen (secondary N) is 2. The molecule has 0 saturated heterocycles. The number of rotatable bonds is 6. The minimum absolute atomic E-state index is 0.428. The second-order valence-electron chi connectivity index (χ2n) is 4.75. The molecule has 1 aliphatic rings. The average molecular weight is 266 g/mol. The molecule has 100 valence electrons. The average Bonchev–Trinajstić information content (AvgIpc) is 2.37. The summed E-state index contributed by atoms with van der Waals surface area (Å²) < 4.78 is 0.428. The second-order valence-corrected chi connectivity index (χ2v) is 6.03. The summed E-state index contributed by atoms with van der Waals surface area (Å²) >= 11 is 1.98. The molecule has 1 heterocycles. The Morgan fingerprint density at radius 1 is 1.33 bits per heavy atom. The van der Waals surface area contributed by atoms with Crippen molar-refractivity contribution in [3.8, 4) is 0 Å². The Hall–Kier alpha value is -0.970. The molecule has 1 aromatic heterocycles. The van der Waals surface area contributed by atoms with Gasteiger partial charge in [-0.3, -0.25) is 0 Å². The quantitative estimate of drug-likeness (QED) is 0.829. The highest BCUT2D eigenvalue weighted by molar-refractivity contribution is 8.00. The molecule has 0 aliphatic heterocycles. The fraction of sp³-hybridized carbons (Fsp3) is 0.692. The molecule has 0 aromatic carbocycles. The van der Waals surface area contributed by atoms with Crippen molar-refractivity contribution in [1.29, 1.82) is 0 Å². The first-order valence-electron chi connectivity index (χ1n) is 6.56. The smallest absolute Gasteiger partial charge is 0.132 e. The van der Waals surface area contributed by atoms with Crippen molar-refractivity contribution >= 4 is 23.4 Å². The first kappa shape index (κ1) is 13.5. The second kappa shape index (κ2) is 5.78. The first-order chi connectivity index (χ1) is 8.71. The summed E-state index contributed by atoms with van der Waals surface area (Å²) in [4.78, 5) is 8.93. The van der Waals surface area contributed by atoms with Crippen LogP contribution in [-0.4, -0.2) is 34.6 Å². The lowest BCUT2D eigenvalue weighted by molar-refractivity contribution is 0.379. The van der Waals surface area contributed by atoms with Crippen LogP contribution in [0.5, 0.6) is 0 Å². The molecule has 0 amide bonds. The first-order valence-corrected chi connectivity index (χ1v) is 7.78. The summed E-state index contributed by atoms with van der Waals surface area (Å²) in [5.41, 5.74) is 0. The van der Waals surface area contributed by atoms with Crippen molar-refractivity contribution < 1.29 is 0 Å². The van der Waals surface area contributed by atoms with E-state index in [2.05, 4.69) is 33.8 Å². The number of hydrogen-bond acceptors (Lipinski definition) is 5. The lowest BCUT2D eigenvalue weighted by Crippen LogP contribution is -2.40. The zero-order chi connectivity index (χ0) is 13.0. The van der Waals surface area contributed by atoms with Crippen LogP contribution in [0, 0.1) is 0 Å². The van der Waals surface area contributed by atoms with Gasteiger partial charge in [-0.2, -0.15) is 11.8 Å². The SMILES string of the molecule is CCc1nc(NC)cc(NCC2(SC)CCC2)n1. The zero-order valence-electron chi connectivity index (χ0n) is 11.4. The zero-order valence-corrected chi connectivity index (χ0v) is 12.2. The maximum atomic E-state index is 4.52. The van der Waals surface area contributed by atoms with Crippen molar-refractivity contribution in [3.05, 3.63) is 11.9 Å². The molecule has 5 heteroatoms. The van der Waals surface area contributed by atoms with Crippen molar-refractivity contribution in [3.63, 3.8) is 0 Å². The Balaban J connectivity index is 2.04. The number of anilines is 2. The monoisotopic (exact) mass is 266 g/mol. The summed E-state index contributed by atoms with van der Waals surface area (Å²) in [6, 6.07) is 1.98. The van der Waals surface area contributed by atoms with Gasteiger partial charge in [0.1, 0.15) is 17.5 Å². The van der Waals surface area contributed by atoms with E-state index in [-0.39, 0.29) is 0 Å². The van der Waals surface area contributed by atoms with Gasteiger partial charge in [-0.25, -0.2) is 9.97 Å². The van der Waals surface area contributed by atoms with E-state index < -0.39 is 0 Å². The van der Waals surface area contributed by atoms with E-state index in [1.165, 1.54) is 19.3 Å². The van der Waals surface area contributed by atoms with Crippen LogP contribution >= 0.6 is 11.8 Å². The van der Waals surface area contributed by atoms with Crippen molar-refractivity contribution in [1.82, 2.24) is 9.97 Å². The molecule has 0 unspecified atom stereocenters. The topological polar surface area (TPSA) is 49.8 Å². The highest BCUT2D eigenvalue weighted by Gasteiger charge is 2.35. The number of aromatic nitrogens is 2. The minimum atomic E-state index is 0.428. The van der Waals surface area contributed by atoms with Crippen LogP contribution in [-0.2, 0) is 6.42 Å². The van der Waals surface area contributed by atoms with E-state index >= 15 is 0 Å². The maximum absolute atomic E-state index is 4.52. The lowest BCUT2D eigenvalue weighted by atomic mass is 9.84. The van der Waals surface area contributed by atoms with E-state index in [0.29, 0.717) is 4.75 Å². The van der Waals surface area contributed by atoms with E-state index in [1.54, 1.807) is 0 Å². The van der Waals surface area contributed by atoms with Crippen LogP contribution in [0.25, 0.3) is 0 Å². The van der Waals surface area contributed by atoms with Crippen LogP contribution < -0.4 is 10.6 Å². The molecule has 0 spiro atoms. The third kappa shape index (κ3) is 2.88. The lowest BCUT2D eigenvalue weighted by Gasteiger charge is -2.40. The summed E-state index contributed by atoms with van der Waals surface area (Å²) in [7, 11) is 1.89. The largest absolute Gasteiger partial charge is 0.373 e. The van der Waals surface area contributed by atoms with Crippen LogP contribution in [0.2, 0.25) is 0 Å².